The molecule has 14 heavy (non-hydrogen) atoms. The van der Waals surface area contributed by atoms with Crippen molar-refractivity contribution in [3.63, 3.8) is 0 Å². The number of ketones is 1. The Kier molecular flexibility index (Phi) is 1.78. The summed E-state index contributed by atoms with van der Waals surface area (Å²) >= 11 is 0. The Balaban J connectivity index is 2.37. The Hall–Kier alpha value is -2.16. The summed E-state index contributed by atoms with van der Waals surface area (Å²) in [7, 11) is 0. The number of nitrogens with one attached hydrogen (secondary N) is 1. The summed E-state index contributed by atoms with van der Waals surface area (Å²) < 4.78 is 0. The molecular weight excluding hydrogens is 184 g/mol. The van der Waals surface area contributed by atoms with E-state index in [1.807, 2.05) is 6.07 Å². The first kappa shape index (κ1) is 8.44. The van der Waals surface area contributed by atoms with Gasteiger partial charge in [-0.25, -0.2) is 0 Å². The molecule has 70 valence electrons. The molecule has 1 aliphatic rings. The summed E-state index contributed by atoms with van der Waals surface area (Å²) in [6.45, 7) is 0.0235. The highest BCUT2D eigenvalue weighted by molar-refractivity contribution is 6.14. The van der Waals surface area contributed by atoms with Crippen molar-refractivity contribution in [2.75, 3.05) is 11.4 Å². The zero-order valence-corrected chi connectivity index (χ0v) is 7.15. The molecule has 0 saturated carbocycles. The molecule has 0 atom stereocenters. The summed E-state index contributed by atoms with van der Waals surface area (Å²) in [6, 6.07) is 1.89. The minimum Gasteiger partial charge on any atom is -0.297 e. The number of carbonyl (C=O) groups is 2. The van der Waals surface area contributed by atoms with Crippen LogP contribution in [0.25, 0.3) is 0 Å². The van der Waals surface area contributed by atoms with Crippen molar-refractivity contribution in [3.8, 4) is 6.07 Å². The van der Waals surface area contributed by atoms with E-state index >= 15 is 0 Å². The fourth-order valence-electron chi connectivity index (χ4n) is 1.36. The Morgan fingerprint density at radius 1 is 1.57 bits per heavy atom. The maximum Gasteiger partial charge on any atom is 0.236 e. The highest BCUT2D eigenvalue weighted by atomic mass is 16.2. The summed E-state index contributed by atoms with van der Waals surface area (Å²) in [5.41, 5.74) is 0.271. The van der Waals surface area contributed by atoms with Crippen LogP contribution in [0.4, 0.5) is 5.82 Å². The molecule has 2 rings (SSSR count). The van der Waals surface area contributed by atoms with Crippen LogP contribution in [0.15, 0.2) is 6.20 Å². The number of H-pyrrole nitrogens is 1. The van der Waals surface area contributed by atoms with Gasteiger partial charge < -0.3 is 0 Å². The molecule has 1 saturated heterocycles. The molecule has 1 amide bonds. The van der Waals surface area contributed by atoms with Gasteiger partial charge in [0.1, 0.15) is 17.5 Å². The highest BCUT2D eigenvalue weighted by Crippen LogP contribution is 2.20. The van der Waals surface area contributed by atoms with E-state index < -0.39 is 0 Å². The van der Waals surface area contributed by atoms with Crippen molar-refractivity contribution in [2.45, 2.75) is 6.42 Å². The summed E-state index contributed by atoms with van der Waals surface area (Å²) in [4.78, 5) is 23.5. The van der Waals surface area contributed by atoms with Gasteiger partial charge in [0.05, 0.1) is 19.2 Å². The fourth-order valence-corrected chi connectivity index (χ4v) is 1.36. The first-order chi connectivity index (χ1) is 6.72. The van der Waals surface area contributed by atoms with Gasteiger partial charge in [0.2, 0.25) is 5.91 Å². The summed E-state index contributed by atoms with van der Waals surface area (Å²) in [5, 5.41) is 14.9. The average molecular weight is 190 g/mol. The van der Waals surface area contributed by atoms with E-state index in [4.69, 9.17) is 5.26 Å². The van der Waals surface area contributed by atoms with Gasteiger partial charge in [-0.3, -0.25) is 19.6 Å². The fraction of sp³-hybridized carbons (Fsp3) is 0.250. The van der Waals surface area contributed by atoms with Crippen molar-refractivity contribution >= 4 is 17.5 Å². The normalized spacial score (nSPS) is 16.1. The number of amides is 1. The molecule has 2 heterocycles. The van der Waals surface area contributed by atoms with Gasteiger partial charge in [-0.2, -0.15) is 10.4 Å². The van der Waals surface area contributed by atoms with Gasteiger partial charge in [-0.05, 0) is 0 Å². The second kappa shape index (κ2) is 2.96. The number of nitriles is 1. The van der Waals surface area contributed by atoms with E-state index in [9.17, 15) is 9.59 Å². The quantitative estimate of drug-likeness (QED) is 0.609. The van der Waals surface area contributed by atoms with Crippen molar-refractivity contribution in [3.05, 3.63) is 11.8 Å². The third-order valence-corrected chi connectivity index (χ3v) is 1.99. The molecule has 1 aromatic heterocycles. The second-order valence-electron chi connectivity index (χ2n) is 2.94. The molecular formula is C8H6N4O2. The van der Waals surface area contributed by atoms with Crippen LogP contribution in [-0.2, 0) is 9.59 Å². The zero-order valence-electron chi connectivity index (χ0n) is 7.15. The van der Waals surface area contributed by atoms with E-state index in [1.165, 1.54) is 11.1 Å². The lowest BCUT2D eigenvalue weighted by Crippen LogP contribution is -2.25. The number of aromatic nitrogens is 2. The number of nitrogens with zero attached hydrogens (tertiary/aromatic N) is 3. The van der Waals surface area contributed by atoms with Crippen molar-refractivity contribution in [1.82, 2.24) is 10.2 Å². The Morgan fingerprint density at radius 2 is 2.36 bits per heavy atom. The topological polar surface area (TPSA) is 89.8 Å². The van der Waals surface area contributed by atoms with Crippen LogP contribution >= 0.6 is 0 Å². The van der Waals surface area contributed by atoms with Gasteiger partial charge in [-0.1, -0.05) is 0 Å². The van der Waals surface area contributed by atoms with Gasteiger partial charge in [0, 0.05) is 0 Å². The molecule has 6 heteroatoms. The number of rotatable bonds is 1. The van der Waals surface area contributed by atoms with Gasteiger partial charge in [0.25, 0.3) is 0 Å². The van der Waals surface area contributed by atoms with Crippen LogP contribution in [0.5, 0.6) is 0 Å². The molecule has 0 aromatic carbocycles. The molecule has 0 aliphatic carbocycles. The van der Waals surface area contributed by atoms with Crippen LogP contribution in [0.1, 0.15) is 12.0 Å². The van der Waals surface area contributed by atoms with Crippen LogP contribution in [0, 0.1) is 11.3 Å². The SMILES string of the molecule is N#Cc1cn[nH]c1N1CC(=O)CC1=O. The number of aromatic amines is 1. The summed E-state index contributed by atoms with van der Waals surface area (Å²) in [5.74, 6) is -0.132. The number of Topliss-reactive ketones (excluding diaryl/α,β-unsaturated/α-hetero) is 1. The van der Waals surface area contributed by atoms with Gasteiger partial charge in [-0.15, -0.1) is 0 Å². The zero-order chi connectivity index (χ0) is 10.1. The van der Waals surface area contributed by atoms with Crippen molar-refractivity contribution in [2.24, 2.45) is 0 Å². The van der Waals surface area contributed by atoms with Gasteiger partial charge >= 0.3 is 0 Å². The average Bonchev–Trinajstić information content (AvgIpc) is 2.71. The van der Waals surface area contributed by atoms with E-state index in [1.54, 1.807) is 0 Å². The van der Waals surface area contributed by atoms with E-state index in [0.29, 0.717) is 5.82 Å². The first-order valence-electron chi connectivity index (χ1n) is 3.98. The van der Waals surface area contributed by atoms with Gasteiger partial charge in [0.15, 0.2) is 5.78 Å². The number of anilines is 1. The maximum atomic E-state index is 11.3. The minimum atomic E-state index is -0.296. The molecule has 6 nitrogen and oxygen atoms in total. The molecule has 1 aliphatic heterocycles. The van der Waals surface area contributed by atoms with Crippen LogP contribution in [-0.4, -0.2) is 28.4 Å². The van der Waals surface area contributed by atoms with E-state index in [-0.39, 0.29) is 30.2 Å². The minimum absolute atomic E-state index is 0.0235. The molecule has 1 N–H and O–H groups in total. The standard InChI is InChI=1S/C8H6N4O2/c9-2-5-3-10-11-8(5)12-4-6(13)1-7(12)14/h3H,1,4H2,(H,10,11). The highest BCUT2D eigenvalue weighted by Gasteiger charge is 2.31. The summed E-state index contributed by atoms with van der Waals surface area (Å²) in [6.07, 6.45) is 1.23. The molecule has 0 radical (unpaired) electrons. The third-order valence-electron chi connectivity index (χ3n) is 1.99. The Bertz CT molecular complexity index is 442. The Labute approximate surface area is 79.1 Å². The van der Waals surface area contributed by atoms with Crippen molar-refractivity contribution < 1.29 is 9.59 Å². The molecule has 0 bridgehead atoms. The number of carbonyl (C=O) groups excluding carboxylic acids is 2. The predicted octanol–water partition coefficient (Wildman–Crippen LogP) is -0.413. The molecule has 1 aromatic rings. The van der Waals surface area contributed by atoms with Crippen LogP contribution in [0.3, 0.4) is 0 Å². The van der Waals surface area contributed by atoms with Crippen LogP contribution < -0.4 is 4.90 Å². The van der Waals surface area contributed by atoms with Crippen molar-refractivity contribution in [1.29, 1.82) is 5.26 Å². The van der Waals surface area contributed by atoms with E-state index in [0.717, 1.165) is 0 Å². The lowest BCUT2D eigenvalue weighted by Gasteiger charge is -2.11. The van der Waals surface area contributed by atoms with E-state index in [2.05, 4.69) is 10.2 Å². The smallest absolute Gasteiger partial charge is 0.236 e. The molecule has 0 spiro atoms. The maximum absolute atomic E-state index is 11.3. The molecule has 0 unspecified atom stereocenters. The second-order valence-corrected chi connectivity index (χ2v) is 2.94. The molecule has 1 fully saturated rings. The number of hydrogen-bond acceptors (Lipinski definition) is 4. The third kappa shape index (κ3) is 1.15. The predicted molar refractivity (Wildman–Crippen MR) is 45.3 cm³/mol. The first-order valence-corrected chi connectivity index (χ1v) is 3.98. The lowest BCUT2D eigenvalue weighted by atomic mass is 10.3. The largest absolute Gasteiger partial charge is 0.297 e. The Morgan fingerprint density at radius 3 is 2.93 bits per heavy atom. The van der Waals surface area contributed by atoms with Crippen LogP contribution in [0.2, 0.25) is 0 Å². The monoisotopic (exact) mass is 190 g/mol. The number of hydrogen-bond donors (Lipinski definition) is 1. The lowest BCUT2D eigenvalue weighted by molar-refractivity contribution is -0.121.